The Bertz CT molecular complexity index is 383. The Kier molecular flexibility index (Phi) is 4.96. The number of rotatable bonds is 6. The van der Waals surface area contributed by atoms with Crippen LogP contribution in [0.3, 0.4) is 0 Å². The quantitative estimate of drug-likeness (QED) is 0.765. The van der Waals surface area contributed by atoms with Gasteiger partial charge in [0, 0.05) is 25.5 Å². The van der Waals surface area contributed by atoms with Crippen molar-refractivity contribution in [2.24, 2.45) is 0 Å². The van der Waals surface area contributed by atoms with E-state index in [1.807, 2.05) is 10.8 Å². The van der Waals surface area contributed by atoms with Crippen LogP contribution < -0.4 is 5.32 Å². The molecule has 1 aliphatic rings. The Hall–Kier alpha value is -1.36. The number of hydrogen-bond acceptors (Lipinski definition) is 3. The van der Waals surface area contributed by atoms with Gasteiger partial charge in [-0.25, -0.2) is 4.98 Å². The van der Waals surface area contributed by atoms with Gasteiger partial charge >= 0.3 is 0 Å². The van der Waals surface area contributed by atoms with E-state index in [-0.39, 0.29) is 12.3 Å². The SMILES string of the molecule is O=C(CC1(O)CCCCC1)NCCCn1ccnc1. The van der Waals surface area contributed by atoms with Crippen molar-refractivity contribution in [3.63, 3.8) is 0 Å². The van der Waals surface area contributed by atoms with Gasteiger partial charge in [0.2, 0.25) is 5.91 Å². The maximum absolute atomic E-state index is 11.8. The van der Waals surface area contributed by atoms with Crippen LogP contribution in [-0.4, -0.2) is 32.7 Å². The van der Waals surface area contributed by atoms with Crippen molar-refractivity contribution in [3.8, 4) is 0 Å². The van der Waals surface area contributed by atoms with Gasteiger partial charge < -0.3 is 15.0 Å². The predicted molar refractivity (Wildman–Crippen MR) is 72.5 cm³/mol. The second kappa shape index (κ2) is 6.70. The summed E-state index contributed by atoms with van der Waals surface area (Å²) in [5.74, 6) is -0.0324. The van der Waals surface area contributed by atoms with Crippen LogP contribution in [0, 0.1) is 0 Å². The van der Waals surface area contributed by atoms with Crippen molar-refractivity contribution in [3.05, 3.63) is 18.7 Å². The van der Waals surface area contributed by atoms with Crippen LogP contribution in [0.4, 0.5) is 0 Å². The third-order valence-electron chi connectivity index (χ3n) is 3.75. The third kappa shape index (κ3) is 4.67. The normalized spacial score (nSPS) is 18.2. The first-order valence-corrected chi connectivity index (χ1v) is 7.13. The molecule has 1 aliphatic carbocycles. The second-order valence-electron chi connectivity index (χ2n) is 5.47. The molecule has 19 heavy (non-hydrogen) atoms. The van der Waals surface area contributed by atoms with Gasteiger partial charge in [-0.15, -0.1) is 0 Å². The Labute approximate surface area is 114 Å². The molecule has 1 fully saturated rings. The highest BCUT2D eigenvalue weighted by Crippen LogP contribution is 2.30. The van der Waals surface area contributed by atoms with E-state index in [1.54, 1.807) is 12.5 Å². The monoisotopic (exact) mass is 265 g/mol. The van der Waals surface area contributed by atoms with Crippen LogP contribution in [0.2, 0.25) is 0 Å². The Morgan fingerprint density at radius 2 is 2.16 bits per heavy atom. The highest BCUT2D eigenvalue weighted by molar-refractivity contribution is 5.76. The predicted octanol–water partition coefficient (Wildman–Crippen LogP) is 1.47. The molecule has 1 saturated carbocycles. The summed E-state index contributed by atoms with van der Waals surface area (Å²) in [6.07, 6.45) is 11.3. The van der Waals surface area contributed by atoms with E-state index in [2.05, 4.69) is 10.3 Å². The van der Waals surface area contributed by atoms with Gasteiger partial charge in [0.25, 0.3) is 0 Å². The van der Waals surface area contributed by atoms with E-state index in [4.69, 9.17) is 0 Å². The molecule has 0 unspecified atom stereocenters. The van der Waals surface area contributed by atoms with Gasteiger partial charge in [-0.1, -0.05) is 19.3 Å². The summed E-state index contributed by atoms with van der Waals surface area (Å²) in [6.45, 7) is 1.50. The molecular formula is C14H23N3O2. The van der Waals surface area contributed by atoms with Crippen molar-refractivity contribution in [1.29, 1.82) is 0 Å². The molecule has 1 aromatic rings. The molecule has 1 amide bonds. The van der Waals surface area contributed by atoms with Gasteiger partial charge in [0.1, 0.15) is 0 Å². The van der Waals surface area contributed by atoms with Crippen LogP contribution in [-0.2, 0) is 11.3 Å². The minimum absolute atomic E-state index is 0.0324. The molecule has 106 valence electrons. The van der Waals surface area contributed by atoms with Gasteiger partial charge in [-0.2, -0.15) is 0 Å². The Morgan fingerprint density at radius 1 is 1.37 bits per heavy atom. The van der Waals surface area contributed by atoms with Crippen LogP contribution in [0.25, 0.3) is 0 Å². The average Bonchev–Trinajstić information content (AvgIpc) is 2.88. The fourth-order valence-electron chi connectivity index (χ4n) is 2.66. The second-order valence-corrected chi connectivity index (χ2v) is 5.47. The van der Waals surface area contributed by atoms with Crippen LogP contribution in [0.1, 0.15) is 44.9 Å². The van der Waals surface area contributed by atoms with Crippen molar-refractivity contribution < 1.29 is 9.90 Å². The minimum Gasteiger partial charge on any atom is -0.389 e. The standard InChI is InChI=1S/C14H23N3O2/c18-13(11-14(19)5-2-1-3-6-14)16-7-4-9-17-10-8-15-12-17/h8,10,12,19H,1-7,9,11H2,(H,16,18). The molecule has 0 saturated heterocycles. The number of nitrogens with one attached hydrogen (secondary N) is 1. The number of carbonyl (C=O) groups excluding carboxylic acids is 1. The first-order valence-electron chi connectivity index (χ1n) is 7.13. The summed E-state index contributed by atoms with van der Waals surface area (Å²) < 4.78 is 1.99. The number of aryl methyl sites for hydroxylation is 1. The summed E-state index contributed by atoms with van der Waals surface area (Å²) in [7, 11) is 0. The zero-order valence-corrected chi connectivity index (χ0v) is 11.3. The number of carbonyl (C=O) groups is 1. The van der Waals surface area contributed by atoms with E-state index in [9.17, 15) is 9.90 Å². The fraction of sp³-hybridized carbons (Fsp3) is 0.714. The van der Waals surface area contributed by atoms with Crippen LogP contribution in [0.15, 0.2) is 18.7 Å². The largest absolute Gasteiger partial charge is 0.389 e. The van der Waals surface area contributed by atoms with Crippen molar-refractivity contribution >= 4 is 5.91 Å². The molecule has 0 atom stereocenters. The number of aromatic nitrogens is 2. The summed E-state index contributed by atoms with van der Waals surface area (Å²) in [4.78, 5) is 15.8. The lowest BCUT2D eigenvalue weighted by Gasteiger charge is -2.31. The van der Waals surface area contributed by atoms with Crippen molar-refractivity contribution in [1.82, 2.24) is 14.9 Å². The molecule has 1 aromatic heterocycles. The number of amides is 1. The number of hydrogen-bond donors (Lipinski definition) is 2. The average molecular weight is 265 g/mol. The molecule has 5 heteroatoms. The Balaban J connectivity index is 1.61. The zero-order valence-electron chi connectivity index (χ0n) is 11.3. The third-order valence-corrected chi connectivity index (χ3v) is 3.75. The number of aliphatic hydroxyl groups is 1. The maximum Gasteiger partial charge on any atom is 0.222 e. The molecule has 2 N–H and O–H groups in total. The lowest BCUT2D eigenvalue weighted by molar-refractivity contribution is -0.127. The highest BCUT2D eigenvalue weighted by Gasteiger charge is 2.31. The number of imidazole rings is 1. The lowest BCUT2D eigenvalue weighted by Crippen LogP contribution is -2.38. The van der Waals surface area contributed by atoms with Gasteiger partial charge in [0.05, 0.1) is 18.3 Å². The van der Waals surface area contributed by atoms with Crippen LogP contribution in [0.5, 0.6) is 0 Å². The van der Waals surface area contributed by atoms with Crippen molar-refractivity contribution in [2.45, 2.75) is 57.1 Å². The molecule has 5 nitrogen and oxygen atoms in total. The van der Waals surface area contributed by atoms with Gasteiger partial charge in [-0.3, -0.25) is 4.79 Å². The summed E-state index contributed by atoms with van der Waals surface area (Å²) in [5, 5.41) is 13.2. The maximum atomic E-state index is 11.8. The Morgan fingerprint density at radius 3 is 2.84 bits per heavy atom. The van der Waals surface area contributed by atoms with E-state index >= 15 is 0 Å². The van der Waals surface area contributed by atoms with E-state index < -0.39 is 5.60 Å². The summed E-state index contributed by atoms with van der Waals surface area (Å²) in [5.41, 5.74) is -0.757. The van der Waals surface area contributed by atoms with E-state index in [0.717, 1.165) is 38.6 Å². The molecule has 1 heterocycles. The fourth-order valence-corrected chi connectivity index (χ4v) is 2.66. The highest BCUT2D eigenvalue weighted by atomic mass is 16.3. The smallest absolute Gasteiger partial charge is 0.222 e. The molecule has 0 aromatic carbocycles. The lowest BCUT2D eigenvalue weighted by atomic mass is 9.82. The van der Waals surface area contributed by atoms with Gasteiger partial charge in [-0.05, 0) is 19.3 Å². The molecule has 2 rings (SSSR count). The summed E-state index contributed by atoms with van der Waals surface area (Å²) >= 11 is 0. The van der Waals surface area contributed by atoms with Gasteiger partial charge in [0.15, 0.2) is 0 Å². The van der Waals surface area contributed by atoms with Crippen molar-refractivity contribution in [2.75, 3.05) is 6.54 Å². The molecule has 0 radical (unpaired) electrons. The first kappa shape index (κ1) is 14.1. The minimum atomic E-state index is -0.757. The van der Waals surface area contributed by atoms with E-state index in [0.29, 0.717) is 6.54 Å². The van der Waals surface area contributed by atoms with E-state index in [1.165, 1.54) is 6.42 Å². The first-order chi connectivity index (χ1) is 9.18. The molecule has 0 aliphatic heterocycles. The summed E-state index contributed by atoms with van der Waals surface area (Å²) in [6, 6.07) is 0. The molecule has 0 bridgehead atoms. The zero-order chi connectivity index (χ0) is 13.6. The van der Waals surface area contributed by atoms with Crippen LogP contribution >= 0.6 is 0 Å². The number of nitrogens with zero attached hydrogens (tertiary/aromatic N) is 2. The molecular weight excluding hydrogens is 242 g/mol. The molecule has 0 spiro atoms. The topological polar surface area (TPSA) is 67.2 Å².